The second-order valence-corrected chi connectivity index (χ2v) is 7.02. The van der Waals surface area contributed by atoms with Crippen molar-refractivity contribution in [2.75, 3.05) is 5.32 Å². The maximum Gasteiger partial charge on any atom is 0.407 e. The van der Waals surface area contributed by atoms with E-state index < -0.39 is 11.7 Å². The van der Waals surface area contributed by atoms with Crippen molar-refractivity contribution < 1.29 is 19.1 Å². The van der Waals surface area contributed by atoms with E-state index in [1.807, 2.05) is 51.1 Å². The first-order chi connectivity index (χ1) is 10.8. The number of benzene rings is 1. The first-order valence-electron chi connectivity index (χ1n) is 7.84. The molecule has 124 valence electrons. The van der Waals surface area contributed by atoms with Crippen LogP contribution in [0.15, 0.2) is 30.3 Å². The van der Waals surface area contributed by atoms with Crippen LogP contribution in [0.4, 0.5) is 10.5 Å². The topological polar surface area (TPSA) is 80.0 Å². The zero-order valence-corrected chi connectivity index (χ0v) is 13.5. The second kappa shape index (κ2) is 5.85. The van der Waals surface area contributed by atoms with Crippen molar-refractivity contribution >= 4 is 17.7 Å². The first kappa shape index (κ1) is 15.8. The van der Waals surface area contributed by atoms with E-state index >= 15 is 0 Å². The minimum absolute atomic E-state index is 0.0720. The number of amides is 2. The lowest BCUT2D eigenvalue weighted by molar-refractivity contribution is -0.120. The Morgan fingerprint density at radius 2 is 1.87 bits per heavy atom. The molecule has 6 heteroatoms. The number of hydrogen-bond donors (Lipinski definition) is 2. The number of fused-ring (bicyclic) bond motifs is 1. The molecule has 2 amide bonds. The summed E-state index contributed by atoms with van der Waals surface area (Å²) >= 11 is 0. The van der Waals surface area contributed by atoms with E-state index in [9.17, 15) is 9.59 Å². The van der Waals surface area contributed by atoms with Gasteiger partial charge in [-0.15, -0.1) is 0 Å². The van der Waals surface area contributed by atoms with Gasteiger partial charge >= 0.3 is 6.09 Å². The monoisotopic (exact) mass is 318 g/mol. The van der Waals surface area contributed by atoms with Crippen LogP contribution in [0, 0.1) is 5.92 Å². The third kappa shape index (κ3) is 3.82. The lowest BCUT2D eigenvalue weighted by Crippen LogP contribution is -2.41. The largest absolute Gasteiger partial charge is 0.444 e. The van der Waals surface area contributed by atoms with Crippen LogP contribution in [0.2, 0.25) is 0 Å². The molecule has 3 rings (SSSR count). The Morgan fingerprint density at radius 3 is 2.52 bits per heavy atom. The summed E-state index contributed by atoms with van der Waals surface area (Å²) in [6, 6.07) is 9.14. The number of ether oxygens (including phenoxy) is 2. The van der Waals surface area contributed by atoms with Gasteiger partial charge in [0.05, 0.1) is 18.1 Å². The van der Waals surface area contributed by atoms with Crippen molar-refractivity contribution in [2.24, 2.45) is 5.92 Å². The van der Waals surface area contributed by atoms with Crippen molar-refractivity contribution in [2.45, 2.75) is 51.0 Å². The van der Waals surface area contributed by atoms with Gasteiger partial charge in [0, 0.05) is 5.69 Å². The smallest absolute Gasteiger partial charge is 0.407 e. The van der Waals surface area contributed by atoms with Crippen molar-refractivity contribution in [3.63, 3.8) is 0 Å². The molecule has 23 heavy (non-hydrogen) atoms. The van der Waals surface area contributed by atoms with E-state index in [0.717, 1.165) is 5.69 Å². The van der Waals surface area contributed by atoms with Gasteiger partial charge in [0.15, 0.2) is 0 Å². The fraction of sp³-hybridized carbons (Fsp3) is 0.529. The standard InChI is InChI=1S/C17H22N2O4/c1-17(2,3)23-16(21)19-12-9-11(13-14(12)22-13)15(20)18-10-7-5-4-6-8-10/h4-8,11-14H,9H2,1-3H3,(H,18,20)(H,19,21)/t11-,12+,13+,14-/m1/s1. The van der Waals surface area contributed by atoms with Crippen LogP contribution in [0.3, 0.4) is 0 Å². The highest BCUT2D eigenvalue weighted by molar-refractivity contribution is 5.93. The van der Waals surface area contributed by atoms with Crippen LogP contribution < -0.4 is 10.6 Å². The van der Waals surface area contributed by atoms with Crippen molar-refractivity contribution in [1.29, 1.82) is 0 Å². The maximum atomic E-state index is 12.4. The number of rotatable bonds is 3. The molecule has 1 aromatic rings. The van der Waals surface area contributed by atoms with Crippen LogP contribution in [0.25, 0.3) is 0 Å². The number of hydrogen-bond acceptors (Lipinski definition) is 4. The zero-order chi connectivity index (χ0) is 16.6. The van der Waals surface area contributed by atoms with E-state index in [1.165, 1.54) is 0 Å². The predicted molar refractivity (Wildman–Crippen MR) is 85.0 cm³/mol. The van der Waals surface area contributed by atoms with Gasteiger partial charge in [0.2, 0.25) is 5.91 Å². The highest BCUT2D eigenvalue weighted by Crippen LogP contribution is 2.43. The molecular formula is C17H22N2O4. The Kier molecular flexibility index (Phi) is 4.02. The normalized spacial score (nSPS) is 28.7. The van der Waals surface area contributed by atoms with E-state index in [4.69, 9.17) is 9.47 Å². The van der Waals surface area contributed by atoms with Crippen LogP contribution in [0.1, 0.15) is 27.2 Å². The van der Waals surface area contributed by atoms with Gasteiger partial charge in [-0.3, -0.25) is 4.79 Å². The Balaban J connectivity index is 1.54. The Hall–Kier alpha value is -2.08. The number of nitrogens with one attached hydrogen (secondary N) is 2. The average Bonchev–Trinajstić information content (AvgIpc) is 3.16. The molecule has 1 heterocycles. The number of para-hydroxylation sites is 1. The summed E-state index contributed by atoms with van der Waals surface area (Å²) in [7, 11) is 0. The Bertz CT molecular complexity index is 596. The summed E-state index contributed by atoms with van der Waals surface area (Å²) in [5.41, 5.74) is 0.217. The van der Waals surface area contributed by atoms with Crippen molar-refractivity contribution in [3.05, 3.63) is 30.3 Å². The molecule has 6 nitrogen and oxygen atoms in total. The molecule has 0 aromatic heterocycles. The number of carbonyl (C=O) groups excluding carboxylic acids is 2. The lowest BCUT2D eigenvalue weighted by Gasteiger charge is -2.22. The summed E-state index contributed by atoms with van der Waals surface area (Å²) in [6.45, 7) is 5.44. The van der Waals surface area contributed by atoms with E-state index in [-0.39, 0.29) is 30.1 Å². The average molecular weight is 318 g/mol. The summed E-state index contributed by atoms with van der Waals surface area (Å²) in [6.07, 6.45) is -0.110. The Morgan fingerprint density at radius 1 is 1.17 bits per heavy atom. The van der Waals surface area contributed by atoms with Crippen LogP contribution in [-0.4, -0.2) is 35.9 Å². The third-order valence-electron chi connectivity index (χ3n) is 3.94. The van der Waals surface area contributed by atoms with Crippen LogP contribution in [-0.2, 0) is 14.3 Å². The third-order valence-corrected chi connectivity index (χ3v) is 3.94. The molecule has 1 aliphatic carbocycles. The second-order valence-electron chi connectivity index (χ2n) is 7.02. The van der Waals surface area contributed by atoms with Crippen molar-refractivity contribution in [3.8, 4) is 0 Å². The van der Waals surface area contributed by atoms with Crippen LogP contribution in [0.5, 0.6) is 0 Å². The minimum Gasteiger partial charge on any atom is -0.444 e. The fourth-order valence-electron chi connectivity index (χ4n) is 2.94. The van der Waals surface area contributed by atoms with Gasteiger partial charge in [-0.25, -0.2) is 4.79 Å². The highest BCUT2D eigenvalue weighted by atomic mass is 16.6. The number of anilines is 1. The van der Waals surface area contributed by atoms with E-state index in [1.54, 1.807) is 0 Å². The molecule has 0 radical (unpaired) electrons. The quantitative estimate of drug-likeness (QED) is 0.838. The molecule has 2 aliphatic rings. The molecule has 0 unspecified atom stereocenters. The van der Waals surface area contributed by atoms with E-state index in [2.05, 4.69) is 10.6 Å². The zero-order valence-electron chi connectivity index (χ0n) is 13.5. The number of alkyl carbamates (subject to hydrolysis) is 1. The lowest BCUT2D eigenvalue weighted by atomic mass is 10.1. The summed E-state index contributed by atoms with van der Waals surface area (Å²) in [5.74, 6) is -0.322. The molecule has 2 fully saturated rings. The molecule has 4 atom stereocenters. The van der Waals surface area contributed by atoms with Gasteiger partial charge in [-0.05, 0) is 39.3 Å². The molecule has 0 spiro atoms. The minimum atomic E-state index is -0.545. The first-order valence-corrected chi connectivity index (χ1v) is 7.84. The number of carbonyl (C=O) groups is 2. The van der Waals surface area contributed by atoms with Gasteiger partial charge in [0.25, 0.3) is 0 Å². The van der Waals surface area contributed by atoms with Gasteiger partial charge < -0.3 is 20.1 Å². The van der Waals surface area contributed by atoms with Gasteiger partial charge in [-0.1, -0.05) is 18.2 Å². The molecule has 1 saturated carbocycles. The van der Waals surface area contributed by atoms with Crippen LogP contribution >= 0.6 is 0 Å². The molecule has 0 bridgehead atoms. The fourth-order valence-corrected chi connectivity index (χ4v) is 2.94. The van der Waals surface area contributed by atoms with E-state index in [0.29, 0.717) is 6.42 Å². The predicted octanol–water partition coefficient (Wildman–Crippen LogP) is 2.31. The van der Waals surface area contributed by atoms with Crippen molar-refractivity contribution in [1.82, 2.24) is 5.32 Å². The Labute approximate surface area is 135 Å². The number of epoxide rings is 1. The maximum absolute atomic E-state index is 12.4. The molecule has 1 aromatic carbocycles. The van der Waals surface area contributed by atoms with Gasteiger partial charge in [-0.2, -0.15) is 0 Å². The molecule has 2 N–H and O–H groups in total. The van der Waals surface area contributed by atoms with Gasteiger partial charge in [0.1, 0.15) is 11.7 Å². The molecule has 1 aliphatic heterocycles. The summed E-state index contributed by atoms with van der Waals surface area (Å²) in [4.78, 5) is 24.2. The SMILES string of the molecule is CC(C)(C)OC(=O)N[C@H]1C[C@@H](C(=O)Nc2ccccc2)[C@@H]2O[C@@H]21. The molecule has 1 saturated heterocycles. The summed E-state index contributed by atoms with van der Waals surface area (Å²) in [5, 5.41) is 5.70. The molecular weight excluding hydrogens is 296 g/mol. The summed E-state index contributed by atoms with van der Waals surface area (Å²) < 4.78 is 10.8. The highest BCUT2D eigenvalue weighted by Gasteiger charge is 2.59.